The highest BCUT2D eigenvalue weighted by atomic mass is 35.5. The summed E-state index contributed by atoms with van der Waals surface area (Å²) < 4.78 is 10.4. The van der Waals surface area contributed by atoms with Crippen molar-refractivity contribution in [2.75, 3.05) is 26.1 Å². The molecule has 3 N–H and O–H groups in total. The van der Waals surface area contributed by atoms with Crippen molar-refractivity contribution < 1.29 is 24.2 Å². The molecule has 214 valence electrons. The van der Waals surface area contributed by atoms with E-state index in [0.29, 0.717) is 50.7 Å². The fourth-order valence-electron chi connectivity index (χ4n) is 4.43. The maximum Gasteiger partial charge on any atom is 0.254 e. The summed E-state index contributed by atoms with van der Waals surface area (Å²) in [6.45, 7) is 0.0404. The summed E-state index contributed by atoms with van der Waals surface area (Å²) in [4.78, 5) is 40.5. The number of nitrogens with zero attached hydrogens (tertiary/aromatic N) is 4. The number of aliphatic hydroxyl groups excluding tert-OH is 1. The Kier molecular flexibility index (Phi) is 8.51. The van der Waals surface area contributed by atoms with Gasteiger partial charge in [-0.05, 0) is 41.2 Å². The quantitative estimate of drug-likeness (QED) is 0.190. The largest absolute Gasteiger partial charge is 0.513 e. The summed E-state index contributed by atoms with van der Waals surface area (Å²) in [6.07, 6.45) is 3.88. The number of aliphatic hydroxyl groups is 1. The van der Waals surface area contributed by atoms with Crippen molar-refractivity contribution in [1.82, 2.24) is 25.2 Å². The van der Waals surface area contributed by atoms with E-state index in [9.17, 15) is 14.7 Å². The van der Waals surface area contributed by atoms with Crippen molar-refractivity contribution >= 4 is 55.3 Å². The minimum atomic E-state index is -0.466. The molecule has 0 fully saturated rings. The summed E-state index contributed by atoms with van der Waals surface area (Å²) in [5.74, 6) is 0.522. The molecule has 0 radical (unpaired) electrons. The molecule has 0 saturated carbocycles. The minimum Gasteiger partial charge on any atom is -0.513 e. The van der Waals surface area contributed by atoms with E-state index in [1.807, 2.05) is 12.1 Å². The lowest BCUT2D eigenvalue weighted by atomic mass is 10.0. The molecule has 4 aromatic rings. The van der Waals surface area contributed by atoms with Gasteiger partial charge in [-0.15, -0.1) is 9.24 Å². The highest BCUT2D eigenvalue weighted by Crippen LogP contribution is 2.32. The standard InChI is InChI=1S/C29H26ClN6O5P/c1-40-20-7-18(8-21(42)11-20)24(15-37)34-25(38)14-36-13-17-4-3-16(9-22(17)28(36)39)27-23(30)12-32-29(35-27)33-19-5-6-31-26(10-19)41-2/h3-12,15,37H,13-14,42H2,1-2H3,(H,34,38)(H,31,32,33,35)/b24-15+. The molecule has 0 aliphatic carbocycles. The summed E-state index contributed by atoms with van der Waals surface area (Å²) in [5, 5.41) is 16.7. The van der Waals surface area contributed by atoms with Gasteiger partial charge in [0.1, 0.15) is 18.6 Å². The van der Waals surface area contributed by atoms with E-state index in [1.165, 1.54) is 25.3 Å². The van der Waals surface area contributed by atoms with Crippen LogP contribution in [-0.2, 0) is 11.3 Å². The molecule has 2 aromatic carbocycles. The first-order valence-corrected chi connectivity index (χ1v) is 13.5. The molecule has 1 atom stereocenters. The Balaban J connectivity index is 1.30. The van der Waals surface area contributed by atoms with Crippen LogP contribution in [0.15, 0.2) is 67.2 Å². The molecule has 5 rings (SSSR count). The lowest BCUT2D eigenvalue weighted by Crippen LogP contribution is -2.36. The third-order valence-electron chi connectivity index (χ3n) is 6.42. The van der Waals surface area contributed by atoms with Gasteiger partial charge in [-0.3, -0.25) is 9.59 Å². The van der Waals surface area contributed by atoms with Crippen molar-refractivity contribution in [3.63, 3.8) is 0 Å². The molecule has 0 spiro atoms. The van der Waals surface area contributed by atoms with Gasteiger partial charge >= 0.3 is 0 Å². The van der Waals surface area contributed by atoms with Gasteiger partial charge in [0.15, 0.2) is 0 Å². The lowest BCUT2D eigenvalue weighted by molar-refractivity contribution is -0.120. The number of aromatic nitrogens is 3. The number of hydrogen-bond donors (Lipinski definition) is 3. The van der Waals surface area contributed by atoms with E-state index in [1.54, 1.807) is 42.6 Å². The first-order chi connectivity index (χ1) is 20.3. The number of benzene rings is 2. The van der Waals surface area contributed by atoms with Gasteiger partial charge in [-0.2, -0.15) is 0 Å². The number of halogens is 1. The van der Waals surface area contributed by atoms with E-state index in [2.05, 4.69) is 34.8 Å². The number of ether oxygens (including phenoxy) is 2. The average molecular weight is 605 g/mol. The van der Waals surface area contributed by atoms with Crippen molar-refractivity contribution in [1.29, 1.82) is 0 Å². The Morgan fingerprint density at radius 3 is 2.74 bits per heavy atom. The number of pyridine rings is 1. The Morgan fingerprint density at radius 1 is 1.14 bits per heavy atom. The van der Waals surface area contributed by atoms with Crippen LogP contribution in [0.4, 0.5) is 11.6 Å². The zero-order valence-corrected chi connectivity index (χ0v) is 24.5. The summed E-state index contributed by atoms with van der Waals surface area (Å²) in [7, 11) is 5.60. The molecule has 13 heteroatoms. The van der Waals surface area contributed by atoms with Crippen LogP contribution >= 0.6 is 20.8 Å². The van der Waals surface area contributed by atoms with E-state index in [-0.39, 0.29) is 24.7 Å². The van der Waals surface area contributed by atoms with Crippen LogP contribution in [0.1, 0.15) is 21.5 Å². The van der Waals surface area contributed by atoms with Gasteiger partial charge in [0, 0.05) is 41.2 Å². The van der Waals surface area contributed by atoms with Crippen molar-refractivity contribution in [2.45, 2.75) is 6.54 Å². The Labute approximate surface area is 248 Å². The van der Waals surface area contributed by atoms with Gasteiger partial charge in [-0.1, -0.05) is 23.7 Å². The van der Waals surface area contributed by atoms with Crippen LogP contribution in [0.2, 0.25) is 5.02 Å². The highest BCUT2D eigenvalue weighted by Gasteiger charge is 2.30. The number of amides is 2. The van der Waals surface area contributed by atoms with Crippen LogP contribution in [-0.4, -0.2) is 57.5 Å². The maximum absolute atomic E-state index is 13.3. The fourth-order valence-corrected chi connectivity index (χ4v) is 4.98. The van der Waals surface area contributed by atoms with Gasteiger partial charge in [0.25, 0.3) is 5.91 Å². The maximum atomic E-state index is 13.3. The molecule has 1 aliphatic heterocycles. The van der Waals surface area contributed by atoms with E-state index < -0.39 is 5.91 Å². The summed E-state index contributed by atoms with van der Waals surface area (Å²) in [5.41, 5.74) is 3.67. The number of methoxy groups -OCH3 is 2. The van der Waals surface area contributed by atoms with Gasteiger partial charge in [-0.25, -0.2) is 15.0 Å². The molecule has 3 heterocycles. The first kappa shape index (κ1) is 28.8. The molecule has 1 aliphatic rings. The Morgan fingerprint density at radius 2 is 1.98 bits per heavy atom. The number of carbonyl (C=O) groups excluding carboxylic acids is 2. The first-order valence-electron chi connectivity index (χ1n) is 12.6. The lowest BCUT2D eigenvalue weighted by Gasteiger charge is -2.16. The van der Waals surface area contributed by atoms with Crippen LogP contribution in [0.5, 0.6) is 11.6 Å². The van der Waals surface area contributed by atoms with E-state index in [4.69, 9.17) is 21.1 Å². The summed E-state index contributed by atoms with van der Waals surface area (Å²) in [6, 6.07) is 14.0. The van der Waals surface area contributed by atoms with Crippen LogP contribution in [0.25, 0.3) is 17.0 Å². The van der Waals surface area contributed by atoms with Gasteiger partial charge in [0.2, 0.25) is 17.7 Å². The van der Waals surface area contributed by atoms with Crippen molar-refractivity contribution in [3.8, 4) is 22.9 Å². The van der Waals surface area contributed by atoms with Gasteiger partial charge < -0.3 is 30.1 Å². The smallest absolute Gasteiger partial charge is 0.254 e. The zero-order valence-electron chi connectivity index (χ0n) is 22.6. The Bertz CT molecular complexity index is 1720. The van der Waals surface area contributed by atoms with Crippen LogP contribution < -0.4 is 25.4 Å². The second-order valence-corrected chi connectivity index (χ2v) is 10.3. The molecular formula is C29H26ClN6O5P. The van der Waals surface area contributed by atoms with E-state index >= 15 is 0 Å². The normalized spacial score (nSPS) is 12.6. The molecule has 0 saturated heterocycles. The molecule has 1 unspecified atom stereocenters. The average Bonchev–Trinajstić information content (AvgIpc) is 3.30. The fraction of sp³-hybridized carbons (Fsp3) is 0.138. The molecular weight excluding hydrogens is 579 g/mol. The van der Waals surface area contributed by atoms with E-state index in [0.717, 1.165) is 17.1 Å². The second-order valence-electron chi connectivity index (χ2n) is 9.22. The monoisotopic (exact) mass is 604 g/mol. The number of fused-ring (bicyclic) bond motifs is 1. The number of anilines is 2. The molecule has 42 heavy (non-hydrogen) atoms. The number of nitrogens with one attached hydrogen (secondary N) is 2. The van der Waals surface area contributed by atoms with Gasteiger partial charge in [0.05, 0.1) is 36.8 Å². The van der Waals surface area contributed by atoms with Crippen LogP contribution in [0.3, 0.4) is 0 Å². The molecule has 2 amide bonds. The Hall–Kier alpha value is -4.73. The number of rotatable bonds is 9. The summed E-state index contributed by atoms with van der Waals surface area (Å²) >= 11 is 6.44. The predicted octanol–water partition coefficient (Wildman–Crippen LogP) is 4.08. The second kappa shape index (κ2) is 12.4. The third kappa shape index (κ3) is 6.27. The topological polar surface area (TPSA) is 139 Å². The zero-order chi connectivity index (χ0) is 29.8. The minimum absolute atomic E-state index is 0.182. The SMILES string of the molecule is COc1cc(P)cc(/C(=C\O)NC(=O)CN2Cc3ccc(-c4nc(Nc5ccnc(OC)c5)ncc4Cl)cc3C2=O)c1. The van der Waals surface area contributed by atoms with Crippen molar-refractivity contribution in [3.05, 3.63) is 88.9 Å². The van der Waals surface area contributed by atoms with Crippen molar-refractivity contribution in [2.24, 2.45) is 0 Å². The highest BCUT2D eigenvalue weighted by molar-refractivity contribution is 7.27. The third-order valence-corrected chi connectivity index (χ3v) is 7.03. The predicted molar refractivity (Wildman–Crippen MR) is 162 cm³/mol. The molecule has 0 bridgehead atoms. The number of carbonyl (C=O) groups is 2. The van der Waals surface area contributed by atoms with Crippen LogP contribution in [0, 0.1) is 0 Å². The number of hydrogen-bond acceptors (Lipinski definition) is 9. The molecule has 11 nitrogen and oxygen atoms in total. The molecule has 2 aromatic heterocycles.